The van der Waals surface area contributed by atoms with Crippen molar-refractivity contribution in [3.8, 4) is 6.07 Å². The van der Waals surface area contributed by atoms with Gasteiger partial charge >= 0.3 is 5.97 Å². The van der Waals surface area contributed by atoms with Crippen molar-refractivity contribution in [2.75, 3.05) is 18.8 Å². The SMILES string of the molecule is C[C@@H]1CN(S(=O)(=O)CC2(C#N)CCCCC2)C[C@H]1C(=O)O. The molecule has 7 heteroatoms. The van der Waals surface area contributed by atoms with E-state index in [1.807, 2.05) is 0 Å². The van der Waals surface area contributed by atoms with Gasteiger partial charge in [-0.15, -0.1) is 0 Å². The zero-order valence-electron chi connectivity index (χ0n) is 12.3. The molecule has 0 spiro atoms. The minimum atomic E-state index is -3.58. The number of carbonyl (C=O) groups is 1. The quantitative estimate of drug-likeness (QED) is 0.846. The third-order valence-corrected chi connectivity index (χ3v) is 6.80. The summed E-state index contributed by atoms with van der Waals surface area (Å²) in [5.74, 6) is -1.96. The highest BCUT2D eigenvalue weighted by Crippen LogP contribution is 2.38. The lowest BCUT2D eigenvalue weighted by Gasteiger charge is -2.31. The summed E-state index contributed by atoms with van der Waals surface area (Å²) in [6.07, 6.45) is 4.06. The molecule has 1 heterocycles. The van der Waals surface area contributed by atoms with Crippen LogP contribution in [-0.2, 0) is 14.8 Å². The fourth-order valence-electron chi connectivity index (χ4n) is 3.43. The summed E-state index contributed by atoms with van der Waals surface area (Å²) in [5, 5.41) is 18.5. The van der Waals surface area contributed by atoms with E-state index in [4.69, 9.17) is 5.11 Å². The van der Waals surface area contributed by atoms with Crippen LogP contribution in [0.1, 0.15) is 39.0 Å². The highest BCUT2D eigenvalue weighted by Gasteiger charge is 2.44. The Morgan fingerprint density at radius 3 is 2.43 bits per heavy atom. The van der Waals surface area contributed by atoms with E-state index in [1.54, 1.807) is 6.92 Å². The van der Waals surface area contributed by atoms with Crippen molar-refractivity contribution in [2.24, 2.45) is 17.3 Å². The van der Waals surface area contributed by atoms with Crippen molar-refractivity contribution in [1.29, 1.82) is 5.26 Å². The first kappa shape index (κ1) is 16.2. The van der Waals surface area contributed by atoms with Gasteiger partial charge < -0.3 is 5.11 Å². The number of rotatable bonds is 4. The number of hydrogen-bond donors (Lipinski definition) is 1. The molecule has 0 radical (unpaired) electrons. The zero-order valence-corrected chi connectivity index (χ0v) is 13.1. The summed E-state index contributed by atoms with van der Waals surface area (Å²) in [6, 6.07) is 2.22. The molecule has 6 nitrogen and oxygen atoms in total. The summed E-state index contributed by atoms with van der Waals surface area (Å²) in [5.41, 5.74) is -0.790. The summed E-state index contributed by atoms with van der Waals surface area (Å²) >= 11 is 0. The second-order valence-electron chi connectivity index (χ2n) is 6.45. The van der Waals surface area contributed by atoms with Gasteiger partial charge in [0.2, 0.25) is 10.0 Å². The Bertz CT molecular complexity index is 546. The standard InChI is InChI=1S/C14H22N2O4S/c1-11-7-16(8-12(11)13(17)18)21(19,20)10-14(9-15)5-3-2-4-6-14/h11-12H,2-8,10H2,1H3,(H,17,18)/t11-,12-/m1/s1. The van der Waals surface area contributed by atoms with Gasteiger partial charge in [-0.3, -0.25) is 4.79 Å². The van der Waals surface area contributed by atoms with Crippen molar-refractivity contribution >= 4 is 16.0 Å². The summed E-state index contributed by atoms with van der Waals surface area (Å²) < 4.78 is 26.4. The Hall–Kier alpha value is -1.13. The molecule has 1 aliphatic carbocycles. The number of aliphatic carboxylic acids is 1. The maximum atomic E-state index is 12.6. The molecule has 1 aliphatic heterocycles. The van der Waals surface area contributed by atoms with E-state index >= 15 is 0 Å². The molecule has 0 unspecified atom stereocenters. The summed E-state index contributed by atoms with van der Waals surface area (Å²) in [6.45, 7) is 2.02. The second-order valence-corrected chi connectivity index (χ2v) is 8.42. The van der Waals surface area contributed by atoms with E-state index in [2.05, 4.69) is 6.07 Å². The highest BCUT2D eigenvalue weighted by atomic mass is 32.2. The Labute approximate surface area is 125 Å². The lowest BCUT2D eigenvalue weighted by Crippen LogP contribution is -2.39. The van der Waals surface area contributed by atoms with Crippen LogP contribution < -0.4 is 0 Å². The van der Waals surface area contributed by atoms with Gasteiger partial charge in [-0.25, -0.2) is 12.7 Å². The normalized spacial score (nSPS) is 29.9. The number of carboxylic acids is 1. The first-order valence-corrected chi connectivity index (χ1v) is 9.02. The van der Waals surface area contributed by atoms with Crippen molar-refractivity contribution in [1.82, 2.24) is 4.31 Å². The second kappa shape index (κ2) is 5.93. The molecule has 0 aromatic carbocycles. The van der Waals surface area contributed by atoms with E-state index < -0.39 is 27.3 Å². The predicted octanol–water partition coefficient (Wildman–Crippen LogP) is 1.44. The molecular weight excluding hydrogens is 292 g/mol. The summed E-state index contributed by atoms with van der Waals surface area (Å²) in [4.78, 5) is 11.1. The fraction of sp³-hybridized carbons (Fsp3) is 0.857. The third kappa shape index (κ3) is 3.38. The van der Waals surface area contributed by atoms with Gasteiger partial charge in [0, 0.05) is 13.1 Å². The molecule has 2 atom stereocenters. The van der Waals surface area contributed by atoms with Crippen molar-refractivity contribution in [2.45, 2.75) is 39.0 Å². The first-order chi connectivity index (χ1) is 9.80. The Morgan fingerprint density at radius 1 is 1.33 bits per heavy atom. The number of sulfonamides is 1. The van der Waals surface area contributed by atoms with Crippen LogP contribution in [0.5, 0.6) is 0 Å². The van der Waals surface area contributed by atoms with Gasteiger partial charge in [-0.1, -0.05) is 26.2 Å². The lowest BCUT2D eigenvalue weighted by atomic mass is 9.77. The number of hydrogen-bond acceptors (Lipinski definition) is 4. The topological polar surface area (TPSA) is 98.5 Å². The van der Waals surface area contributed by atoms with Crippen LogP contribution in [0, 0.1) is 28.6 Å². The van der Waals surface area contributed by atoms with Crippen LogP contribution in [-0.4, -0.2) is 42.6 Å². The number of nitriles is 1. The van der Waals surface area contributed by atoms with Crippen LogP contribution in [0.3, 0.4) is 0 Å². The molecule has 0 aromatic rings. The van der Waals surface area contributed by atoms with Crippen LogP contribution >= 0.6 is 0 Å². The van der Waals surface area contributed by atoms with E-state index in [0.717, 1.165) is 19.3 Å². The molecule has 118 valence electrons. The van der Waals surface area contributed by atoms with Crippen molar-refractivity contribution in [3.05, 3.63) is 0 Å². The maximum absolute atomic E-state index is 12.6. The van der Waals surface area contributed by atoms with Crippen molar-refractivity contribution in [3.63, 3.8) is 0 Å². The molecule has 2 fully saturated rings. The molecule has 0 aromatic heterocycles. The average Bonchev–Trinajstić information content (AvgIpc) is 2.82. The van der Waals surface area contributed by atoms with E-state index in [9.17, 15) is 18.5 Å². The van der Waals surface area contributed by atoms with Crippen LogP contribution in [0.2, 0.25) is 0 Å². The molecule has 1 saturated carbocycles. The molecule has 2 aliphatic rings. The van der Waals surface area contributed by atoms with Gasteiger partial charge in [-0.05, 0) is 18.8 Å². The lowest BCUT2D eigenvalue weighted by molar-refractivity contribution is -0.142. The van der Waals surface area contributed by atoms with E-state index in [-0.39, 0.29) is 24.8 Å². The predicted molar refractivity (Wildman–Crippen MR) is 76.8 cm³/mol. The Balaban J connectivity index is 2.12. The molecule has 21 heavy (non-hydrogen) atoms. The monoisotopic (exact) mass is 314 g/mol. The molecule has 1 saturated heterocycles. The molecule has 0 bridgehead atoms. The minimum absolute atomic E-state index is 0.0281. The zero-order chi connectivity index (χ0) is 15.7. The van der Waals surface area contributed by atoms with Crippen LogP contribution in [0.25, 0.3) is 0 Å². The van der Waals surface area contributed by atoms with Gasteiger partial charge in [0.25, 0.3) is 0 Å². The van der Waals surface area contributed by atoms with Gasteiger partial charge in [-0.2, -0.15) is 5.26 Å². The van der Waals surface area contributed by atoms with Gasteiger partial charge in [0.1, 0.15) is 0 Å². The third-order valence-electron chi connectivity index (χ3n) is 4.80. The molecule has 2 rings (SSSR count). The van der Waals surface area contributed by atoms with E-state index in [1.165, 1.54) is 4.31 Å². The summed E-state index contributed by atoms with van der Waals surface area (Å²) in [7, 11) is -3.58. The fourth-order valence-corrected chi connectivity index (χ4v) is 5.51. The van der Waals surface area contributed by atoms with Gasteiger partial charge in [0.05, 0.1) is 23.2 Å². The van der Waals surface area contributed by atoms with Crippen molar-refractivity contribution < 1.29 is 18.3 Å². The maximum Gasteiger partial charge on any atom is 0.308 e. The number of carboxylic acid groups (broad SMARTS) is 1. The largest absolute Gasteiger partial charge is 0.481 e. The van der Waals surface area contributed by atoms with Crippen LogP contribution in [0.4, 0.5) is 0 Å². The number of nitrogens with zero attached hydrogens (tertiary/aromatic N) is 2. The van der Waals surface area contributed by atoms with E-state index in [0.29, 0.717) is 12.8 Å². The van der Waals surface area contributed by atoms with Crippen LogP contribution in [0.15, 0.2) is 0 Å². The first-order valence-electron chi connectivity index (χ1n) is 7.41. The average molecular weight is 314 g/mol. The molecular formula is C14H22N2O4S. The highest BCUT2D eigenvalue weighted by molar-refractivity contribution is 7.89. The van der Waals surface area contributed by atoms with Gasteiger partial charge in [0.15, 0.2) is 0 Å². The minimum Gasteiger partial charge on any atom is -0.481 e. The Kier molecular flexibility index (Phi) is 4.59. The Morgan fingerprint density at radius 2 is 1.95 bits per heavy atom. The smallest absolute Gasteiger partial charge is 0.308 e. The molecule has 0 amide bonds. The molecule has 1 N–H and O–H groups in total.